The number of thiocarbonyl (C=S) groups is 1. The molecule has 4 aromatic rings. The third kappa shape index (κ3) is 4.79. The molecule has 0 saturated carbocycles. The summed E-state index contributed by atoms with van der Waals surface area (Å²) in [6.07, 6.45) is 0. The molecule has 0 radical (unpaired) electrons. The Morgan fingerprint density at radius 2 is 1.68 bits per heavy atom. The Bertz CT molecular complexity index is 1720. The molecule has 5 rings (SSSR count). The van der Waals surface area contributed by atoms with Crippen LogP contribution in [0, 0.1) is 0 Å². The molecule has 4 N–H and O–H groups in total. The highest BCUT2D eigenvalue weighted by Crippen LogP contribution is 2.35. The number of hydrazone groups is 1. The van der Waals surface area contributed by atoms with Gasteiger partial charge in [0, 0.05) is 10.6 Å². The topological polar surface area (TPSA) is 122 Å². The van der Waals surface area contributed by atoms with Crippen molar-refractivity contribution in [2.45, 2.75) is 11.4 Å². The predicted molar refractivity (Wildman–Crippen MR) is 150 cm³/mol. The highest BCUT2D eigenvalue weighted by atomic mass is 35.5. The zero-order valence-corrected chi connectivity index (χ0v) is 21.6. The second kappa shape index (κ2) is 9.56. The maximum Gasteiger partial charge on any atom is 0.279 e. The third-order valence-electron chi connectivity index (χ3n) is 5.92. The number of nitrogens with zero attached hydrogens (tertiary/aromatic N) is 3. The fourth-order valence-corrected chi connectivity index (χ4v) is 5.27. The minimum absolute atomic E-state index is 0.0290. The Morgan fingerprint density at radius 1 is 0.973 bits per heavy atom. The van der Waals surface area contributed by atoms with E-state index in [-0.39, 0.29) is 28.0 Å². The van der Waals surface area contributed by atoms with E-state index >= 15 is 0 Å². The third-order valence-corrected chi connectivity index (χ3v) is 7.28. The molecule has 0 fully saturated rings. The van der Waals surface area contributed by atoms with Gasteiger partial charge in [-0.25, -0.2) is 18.6 Å². The summed E-state index contributed by atoms with van der Waals surface area (Å²) in [5.41, 5.74) is 7.96. The van der Waals surface area contributed by atoms with E-state index in [1.165, 1.54) is 18.2 Å². The number of halogens is 1. The summed E-state index contributed by atoms with van der Waals surface area (Å²) in [4.78, 5) is 15.0. The van der Waals surface area contributed by atoms with Crippen LogP contribution in [0.5, 0.6) is 0 Å². The van der Waals surface area contributed by atoms with Crippen molar-refractivity contribution >= 4 is 72.7 Å². The quantitative estimate of drug-likeness (QED) is 0.285. The van der Waals surface area contributed by atoms with Crippen LogP contribution in [0.4, 0.5) is 11.4 Å². The molecule has 0 bridgehead atoms. The maximum absolute atomic E-state index is 13.7. The molecule has 4 aromatic carbocycles. The van der Waals surface area contributed by atoms with E-state index in [4.69, 9.17) is 34.7 Å². The molecule has 11 heteroatoms. The Morgan fingerprint density at radius 3 is 2.41 bits per heavy atom. The number of rotatable bonds is 5. The van der Waals surface area contributed by atoms with Crippen molar-refractivity contribution in [2.75, 3.05) is 9.91 Å². The van der Waals surface area contributed by atoms with E-state index in [0.29, 0.717) is 16.3 Å². The van der Waals surface area contributed by atoms with E-state index in [9.17, 15) is 13.2 Å². The number of para-hydroxylation sites is 1. The molecule has 1 aliphatic heterocycles. The van der Waals surface area contributed by atoms with Crippen LogP contribution in [0.2, 0.25) is 5.02 Å². The molecule has 1 amide bonds. The second-order valence-corrected chi connectivity index (χ2v) is 10.7. The number of benzene rings is 4. The highest BCUT2D eigenvalue weighted by molar-refractivity contribution is 7.89. The van der Waals surface area contributed by atoms with Gasteiger partial charge in [-0.15, -0.1) is 0 Å². The van der Waals surface area contributed by atoms with Gasteiger partial charge in [0.05, 0.1) is 17.9 Å². The summed E-state index contributed by atoms with van der Waals surface area (Å²) >= 11 is 11.4. The van der Waals surface area contributed by atoms with Crippen molar-refractivity contribution in [1.82, 2.24) is 0 Å². The molecule has 0 saturated heterocycles. The van der Waals surface area contributed by atoms with Crippen LogP contribution in [0.15, 0.2) is 94.9 Å². The Balaban J connectivity index is 1.60. The van der Waals surface area contributed by atoms with E-state index in [1.807, 2.05) is 42.5 Å². The smallest absolute Gasteiger partial charge is 0.279 e. The fraction of sp³-hybridized carbons (Fsp3) is 0.0385. The molecule has 186 valence electrons. The van der Waals surface area contributed by atoms with Crippen LogP contribution in [0.1, 0.15) is 11.1 Å². The van der Waals surface area contributed by atoms with Crippen LogP contribution >= 0.6 is 23.8 Å². The van der Waals surface area contributed by atoms with Gasteiger partial charge in [-0.05, 0) is 65.0 Å². The predicted octanol–water partition coefficient (Wildman–Crippen LogP) is 4.14. The van der Waals surface area contributed by atoms with Crippen molar-refractivity contribution in [1.29, 1.82) is 0 Å². The second-order valence-electron chi connectivity index (χ2n) is 8.35. The van der Waals surface area contributed by atoms with Gasteiger partial charge in [0.25, 0.3) is 5.91 Å². The molecular formula is C26H20ClN5O3S2. The van der Waals surface area contributed by atoms with Gasteiger partial charge < -0.3 is 10.6 Å². The van der Waals surface area contributed by atoms with Gasteiger partial charge in [0.1, 0.15) is 4.90 Å². The van der Waals surface area contributed by atoms with Gasteiger partial charge in [0.15, 0.2) is 10.8 Å². The molecule has 0 aliphatic carbocycles. The minimum Gasteiger partial charge on any atom is -0.374 e. The Labute approximate surface area is 223 Å². The summed E-state index contributed by atoms with van der Waals surface area (Å²) in [6, 6.07) is 24.8. The summed E-state index contributed by atoms with van der Waals surface area (Å²) < 4.78 is 24.4. The molecule has 37 heavy (non-hydrogen) atoms. The number of primary sulfonamides is 1. The van der Waals surface area contributed by atoms with Crippen LogP contribution < -0.4 is 20.8 Å². The fourth-order valence-electron chi connectivity index (χ4n) is 4.25. The first-order valence-electron chi connectivity index (χ1n) is 11.0. The lowest BCUT2D eigenvalue weighted by Crippen LogP contribution is -2.36. The lowest BCUT2D eigenvalue weighted by atomic mass is 10.1. The standard InChI is InChI=1S/C26H20ClN5O3S2/c27-19-11-12-20-22(14-19)31(15-16-9-10-17-5-1-2-6-18(17)13-16)25(33)24(20)30-32(26(28)36)21-7-3-4-8-23(21)37(29,34)35/h1-14H,15H2,(H2,28,36)(H2,29,34,35)/b30-24-. The summed E-state index contributed by atoms with van der Waals surface area (Å²) in [5.74, 6) is -0.417. The van der Waals surface area contributed by atoms with Gasteiger partial charge >= 0.3 is 0 Å². The van der Waals surface area contributed by atoms with Crippen LogP contribution in [0.25, 0.3) is 10.8 Å². The lowest BCUT2D eigenvalue weighted by Gasteiger charge is -2.20. The van der Waals surface area contributed by atoms with E-state index in [1.54, 1.807) is 29.2 Å². The van der Waals surface area contributed by atoms with Crippen molar-refractivity contribution < 1.29 is 13.2 Å². The Hall–Kier alpha value is -3.83. The van der Waals surface area contributed by atoms with Crippen LogP contribution in [0.3, 0.4) is 0 Å². The number of fused-ring (bicyclic) bond motifs is 2. The van der Waals surface area contributed by atoms with Gasteiger partial charge in [0.2, 0.25) is 10.0 Å². The first-order valence-corrected chi connectivity index (χ1v) is 13.4. The van der Waals surface area contributed by atoms with Gasteiger partial charge in [-0.2, -0.15) is 5.10 Å². The van der Waals surface area contributed by atoms with Gasteiger partial charge in [-0.1, -0.05) is 60.1 Å². The number of hydrogen-bond donors (Lipinski definition) is 2. The number of carbonyl (C=O) groups is 1. The SMILES string of the molecule is NC(=S)N(/N=C1\C(=O)N(Cc2ccc3ccccc3c2)c2cc(Cl)ccc21)c1ccccc1S(N)(=O)=O. The summed E-state index contributed by atoms with van der Waals surface area (Å²) in [5, 5.41) is 13.2. The van der Waals surface area contributed by atoms with Crippen LogP contribution in [-0.4, -0.2) is 25.1 Å². The first kappa shape index (κ1) is 24.8. The summed E-state index contributed by atoms with van der Waals surface area (Å²) in [7, 11) is -4.13. The first-order chi connectivity index (χ1) is 17.6. The number of carbonyl (C=O) groups excluding carboxylic acids is 1. The molecule has 1 heterocycles. The molecule has 0 unspecified atom stereocenters. The molecule has 0 aromatic heterocycles. The van der Waals surface area contributed by atoms with Crippen molar-refractivity contribution in [3.8, 4) is 0 Å². The normalized spacial score (nSPS) is 14.3. The lowest BCUT2D eigenvalue weighted by molar-refractivity contribution is -0.112. The minimum atomic E-state index is -4.13. The number of hydrogen-bond acceptors (Lipinski definition) is 5. The Kier molecular flexibility index (Phi) is 6.42. The maximum atomic E-state index is 13.7. The number of anilines is 2. The van der Waals surface area contributed by atoms with E-state index in [2.05, 4.69) is 5.10 Å². The zero-order valence-electron chi connectivity index (χ0n) is 19.2. The molecule has 0 atom stereocenters. The van der Waals surface area contributed by atoms with Crippen molar-refractivity contribution in [2.24, 2.45) is 16.0 Å². The molecule has 1 aliphatic rings. The number of sulfonamides is 1. The number of amides is 1. The number of nitrogens with two attached hydrogens (primary N) is 2. The average molecular weight is 550 g/mol. The summed E-state index contributed by atoms with van der Waals surface area (Å²) in [6.45, 7) is 0.261. The molecule has 0 spiro atoms. The molecular weight excluding hydrogens is 530 g/mol. The van der Waals surface area contributed by atoms with Gasteiger partial charge in [-0.3, -0.25) is 4.79 Å². The largest absolute Gasteiger partial charge is 0.374 e. The van der Waals surface area contributed by atoms with E-state index < -0.39 is 15.9 Å². The monoisotopic (exact) mass is 549 g/mol. The molecule has 8 nitrogen and oxygen atoms in total. The average Bonchev–Trinajstić information content (AvgIpc) is 3.11. The van der Waals surface area contributed by atoms with E-state index in [0.717, 1.165) is 21.3 Å². The van der Waals surface area contributed by atoms with Crippen molar-refractivity contribution in [3.05, 3.63) is 101 Å². The van der Waals surface area contributed by atoms with Crippen LogP contribution in [-0.2, 0) is 21.4 Å². The zero-order chi connectivity index (χ0) is 26.3. The highest BCUT2D eigenvalue weighted by Gasteiger charge is 2.36. The van der Waals surface area contributed by atoms with Crippen molar-refractivity contribution in [3.63, 3.8) is 0 Å².